The van der Waals surface area contributed by atoms with Crippen LogP contribution in [-0.2, 0) is 0 Å². The second-order valence-electron chi connectivity index (χ2n) is 4.33. The summed E-state index contributed by atoms with van der Waals surface area (Å²) in [5.41, 5.74) is 0.864. The van der Waals surface area contributed by atoms with Crippen LogP contribution in [0.3, 0.4) is 0 Å². The molecule has 0 aliphatic heterocycles. The molecule has 0 amide bonds. The molecule has 1 aromatic rings. The lowest BCUT2D eigenvalue weighted by molar-refractivity contribution is 0.347. The van der Waals surface area contributed by atoms with Gasteiger partial charge in [-0.25, -0.2) is 4.98 Å². The van der Waals surface area contributed by atoms with Gasteiger partial charge in [0.25, 0.3) is 0 Å². The summed E-state index contributed by atoms with van der Waals surface area (Å²) in [4.78, 5) is 8.66. The fourth-order valence-electron chi connectivity index (χ4n) is 1.91. The molecule has 0 aromatic carbocycles. The van der Waals surface area contributed by atoms with Gasteiger partial charge in [0.15, 0.2) is 0 Å². The molecule has 1 fully saturated rings. The maximum Gasteiger partial charge on any atom is 0.240 e. The minimum Gasteiger partial charge on any atom is -0.480 e. The lowest BCUT2D eigenvalue weighted by atomic mass is 10.1. The lowest BCUT2D eigenvalue weighted by Crippen LogP contribution is -2.19. The van der Waals surface area contributed by atoms with Crippen molar-refractivity contribution in [2.24, 2.45) is 5.92 Å². The van der Waals surface area contributed by atoms with Crippen LogP contribution in [0, 0.1) is 5.92 Å². The molecule has 1 aromatic heterocycles. The highest BCUT2D eigenvalue weighted by molar-refractivity contribution is 5.25. The van der Waals surface area contributed by atoms with E-state index in [-0.39, 0.29) is 6.04 Å². The Bertz CT molecular complexity index is 380. The Morgan fingerprint density at radius 2 is 2.18 bits per heavy atom. The zero-order chi connectivity index (χ0) is 12.3. The number of aromatic nitrogens is 2. The summed E-state index contributed by atoms with van der Waals surface area (Å²) in [6.45, 7) is 0. The van der Waals surface area contributed by atoms with Crippen LogP contribution in [0.15, 0.2) is 6.20 Å². The maximum absolute atomic E-state index is 5.28. The highest BCUT2D eigenvalue weighted by Crippen LogP contribution is 2.38. The fourth-order valence-corrected chi connectivity index (χ4v) is 1.91. The Morgan fingerprint density at radius 1 is 1.41 bits per heavy atom. The quantitative estimate of drug-likeness (QED) is 0.813. The number of methoxy groups -OCH3 is 2. The van der Waals surface area contributed by atoms with E-state index in [9.17, 15) is 0 Å². The molecule has 0 bridgehead atoms. The number of nitrogens with one attached hydrogen (secondary N) is 1. The molecule has 1 atom stereocenters. The summed E-state index contributed by atoms with van der Waals surface area (Å²) in [6, 6.07) is 0.204. The van der Waals surface area contributed by atoms with Crippen molar-refractivity contribution in [2.75, 3.05) is 21.3 Å². The van der Waals surface area contributed by atoms with E-state index in [1.807, 2.05) is 7.05 Å². The molecule has 0 saturated heterocycles. The van der Waals surface area contributed by atoms with E-state index < -0.39 is 0 Å². The largest absolute Gasteiger partial charge is 0.480 e. The smallest absolute Gasteiger partial charge is 0.240 e. The number of rotatable bonds is 6. The third-order valence-electron chi connectivity index (χ3n) is 3.09. The van der Waals surface area contributed by atoms with Gasteiger partial charge in [-0.3, -0.25) is 0 Å². The third kappa shape index (κ3) is 2.85. The van der Waals surface area contributed by atoms with Gasteiger partial charge in [0.05, 0.1) is 26.5 Å². The first-order chi connectivity index (χ1) is 8.28. The third-order valence-corrected chi connectivity index (χ3v) is 3.09. The van der Waals surface area contributed by atoms with Crippen molar-refractivity contribution in [1.82, 2.24) is 15.3 Å². The van der Waals surface area contributed by atoms with Crippen LogP contribution >= 0.6 is 0 Å². The van der Waals surface area contributed by atoms with E-state index in [0.29, 0.717) is 11.8 Å². The van der Waals surface area contributed by atoms with Gasteiger partial charge < -0.3 is 14.8 Å². The van der Waals surface area contributed by atoms with Gasteiger partial charge in [-0.1, -0.05) is 12.8 Å². The van der Waals surface area contributed by atoms with Crippen molar-refractivity contribution in [2.45, 2.75) is 25.3 Å². The standard InChI is InChI=1S/C12H19N3O2/c1-13-9(6-8-4-5-8)11-12(17-3)15-10(16-2)7-14-11/h7-9,13H,4-6H2,1-3H3. The Kier molecular flexibility index (Phi) is 3.78. The highest BCUT2D eigenvalue weighted by atomic mass is 16.5. The summed E-state index contributed by atoms with van der Waals surface area (Å²) in [7, 11) is 5.12. The van der Waals surface area contributed by atoms with Crippen LogP contribution in [0.4, 0.5) is 0 Å². The molecular weight excluding hydrogens is 218 g/mol. The van der Waals surface area contributed by atoms with Crippen LogP contribution < -0.4 is 14.8 Å². The van der Waals surface area contributed by atoms with E-state index in [1.165, 1.54) is 12.8 Å². The number of nitrogens with zero attached hydrogens (tertiary/aromatic N) is 2. The second-order valence-corrected chi connectivity index (χ2v) is 4.33. The Labute approximate surface area is 102 Å². The molecule has 0 spiro atoms. The molecule has 1 aliphatic rings. The summed E-state index contributed by atoms with van der Waals surface area (Å²) in [5, 5.41) is 3.28. The zero-order valence-corrected chi connectivity index (χ0v) is 10.6. The van der Waals surface area contributed by atoms with E-state index >= 15 is 0 Å². The SMILES string of the molecule is CNC(CC1CC1)c1ncc(OC)nc1OC. The van der Waals surface area contributed by atoms with Crippen LogP contribution in [-0.4, -0.2) is 31.2 Å². The Hall–Kier alpha value is -1.36. The van der Waals surface area contributed by atoms with E-state index in [0.717, 1.165) is 18.0 Å². The topological polar surface area (TPSA) is 56.3 Å². The predicted octanol–water partition coefficient (Wildman–Crippen LogP) is 1.55. The number of hydrogen-bond acceptors (Lipinski definition) is 5. The Morgan fingerprint density at radius 3 is 2.71 bits per heavy atom. The van der Waals surface area contributed by atoms with Gasteiger partial charge in [0.1, 0.15) is 5.69 Å². The minimum atomic E-state index is 0.204. The molecule has 1 unspecified atom stereocenters. The molecule has 5 nitrogen and oxygen atoms in total. The molecule has 5 heteroatoms. The first-order valence-corrected chi connectivity index (χ1v) is 5.90. The lowest BCUT2D eigenvalue weighted by Gasteiger charge is -2.17. The second kappa shape index (κ2) is 5.31. The molecule has 0 radical (unpaired) electrons. The minimum absolute atomic E-state index is 0.204. The normalized spacial score (nSPS) is 16.6. The van der Waals surface area contributed by atoms with Crippen molar-refractivity contribution >= 4 is 0 Å². The van der Waals surface area contributed by atoms with Gasteiger partial charge >= 0.3 is 0 Å². The maximum atomic E-state index is 5.28. The summed E-state index contributed by atoms with van der Waals surface area (Å²) >= 11 is 0. The van der Waals surface area contributed by atoms with Crippen molar-refractivity contribution in [3.63, 3.8) is 0 Å². The monoisotopic (exact) mass is 237 g/mol. The van der Waals surface area contributed by atoms with E-state index in [2.05, 4.69) is 15.3 Å². The van der Waals surface area contributed by atoms with Crippen molar-refractivity contribution in [3.05, 3.63) is 11.9 Å². The first-order valence-electron chi connectivity index (χ1n) is 5.90. The van der Waals surface area contributed by atoms with E-state index in [1.54, 1.807) is 20.4 Å². The fraction of sp³-hybridized carbons (Fsp3) is 0.667. The van der Waals surface area contributed by atoms with Crippen molar-refractivity contribution in [1.29, 1.82) is 0 Å². The Balaban J connectivity index is 2.21. The zero-order valence-electron chi connectivity index (χ0n) is 10.6. The molecule has 1 heterocycles. The number of hydrogen-bond donors (Lipinski definition) is 1. The molecule has 1 saturated carbocycles. The average Bonchev–Trinajstić information content (AvgIpc) is 3.19. The van der Waals surface area contributed by atoms with Crippen LogP contribution in [0.25, 0.3) is 0 Å². The molecule has 17 heavy (non-hydrogen) atoms. The summed E-state index contributed by atoms with van der Waals surface area (Å²) in [5.74, 6) is 1.84. The first kappa shape index (κ1) is 12.1. The summed E-state index contributed by atoms with van der Waals surface area (Å²) < 4.78 is 10.3. The molecule has 94 valence electrons. The average molecular weight is 237 g/mol. The highest BCUT2D eigenvalue weighted by Gasteiger charge is 2.28. The van der Waals surface area contributed by atoms with Gasteiger partial charge in [-0.15, -0.1) is 0 Å². The van der Waals surface area contributed by atoms with Gasteiger partial charge in [0, 0.05) is 0 Å². The van der Waals surface area contributed by atoms with Crippen LogP contribution in [0.1, 0.15) is 31.0 Å². The van der Waals surface area contributed by atoms with Crippen molar-refractivity contribution < 1.29 is 9.47 Å². The summed E-state index contributed by atoms with van der Waals surface area (Å²) in [6.07, 6.45) is 5.37. The molecule has 2 rings (SSSR count). The van der Waals surface area contributed by atoms with Crippen LogP contribution in [0.2, 0.25) is 0 Å². The molecular formula is C12H19N3O2. The van der Waals surface area contributed by atoms with Gasteiger partial charge in [-0.2, -0.15) is 4.98 Å². The van der Waals surface area contributed by atoms with Gasteiger partial charge in [-0.05, 0) is 19.4 Å². The van der Waals surface area contributed by atoms with Crippen molar-refractivity contribution in [3.8, 4) is 11.8 Å². The van der Waals surface area contributed by atoms with Gasteiger partial charge in [0.2, 0.25) is 11.8 Å². The molecule has 1 aliphatic carbocycles. The van der Waals surface area contributed by atoms with E-state index in [4.69, 9.17) is 9.47 Å². The molecule has 1 N–H and O–H groups in total. The van der Waals surface area contributed by atoms with Crippen LogP contribution in [0.5, 0.6) is 11.8 Å². The predicted molar refractivity (Wildman–Crippen MR) is 64.3 cm³/mol. The number of ether oxygens (including phenoxy) is 2.